The van der Waals surface area contributed by atoms with Crippen LogP contribution >= 0.6 is 11.3 Å². The van der Waals surface area contributed by atoms with Crippen molar-refractivity contribution < 1.29 is 14.7 Å². The van der Waals surface area contributed by atoms with Crippen LogP contribution in [0, 0.1) is 0 Å². The number of rotatable bonds is 5. The molecule has 0 radical (unpaired) electrons. The topological polar surface area (TPSA) is 92.2 Å². The van der Waals surface area contributed by atoms with Crippen molar-refractivity contribution in [3.8, 4) is 10.6 Å². The Balaban J connectivity index is 1.65. The van der Waals surface area contributed by atoms with Gasteiger partial charge in [0.2, 0.25) is 5.91 Å². The Morgan fingerprint density at radius 3 is 2.82 bits per heavy atom. The molecule has 1 aliphatic carbocycles. The maximum Gasteiger partial charge on any atom is 0.329 e. The van der Waals surface area contributed by atoms with Crippen LogP contribution in [0.25, 0.3) is 10.6 Å². The van der Waals surface area contributed by atoms with Crippen molar-refractivity contribution in [2.45, 2.75) is 31.2 Å². The van der Waals surface area contributed by atoms with Gasteiger partial charge in [0.05, 0.1) is 12.1 Å². The maximum absolute atomic E-state index is 12.0. The van der Waals surface area contributed by atoms with E-state index >= 15 is 0 Å². The molecule has 2 N–H and O–H groups in total. The number of carboxylic acid groups (broad SMARTS) is 1. The van der Waals surface area contributed by atoms with Gasteiger partial charge in [-0.1, -0.05) is 0 Å². The summed E-state index contributed by atoms with van der Waals surface area (Å²) < 4.78 is 0. The van der Waals surface area contributed by atoms with Gasteiger partial charge in [-0.15, -0.1) is 11.3 Å². The Labute approximate surface area is 131 Å². The first kappa shape index (κ1) is 14.6. The van der Waals surface area contributed by atoms with Gasteiger partial charge in [0.15, 0.2) is 0 Å². The lowest BCUT2D eigenvalue weighted by Gasteiger charge is -2.38. The predicted molar refractivity (Wildman–Crippen MR) is 81.4 cm³/mol. The van der Waals surface area contributed by atoms with Crippen molar-refractivity contribution in [3.63, 3.8) is 0 Å². The van der Waals surface area contributed by atoms with Gasteiger partial charge in [-0.2, -0.15) is 0 Å². The van der Waals surface area contributed by atoms with Crippen molar-refractivity contribution in [2.24, 2.45) is 0 Å². The highest BCUT2D eigenvalue weighted by Crippen LogP contribution is 2.32. The fourth-order valence-corrected chi connectivity index (χ4v) is 3.22. The summed E-state index contributed by atoms with van der Waals surface area (Å²) in [5.74, 6) is -1.26. The molecule has 6 nitrogen and oxygen atoms in total. The first-order valence-electron chi connectivity index (χ1n) is 6.98. The molecule has 0 unspecified atom stereocenters. The Bertz CT molecular complexity index is 695. The zero-order valence-electron chi connectivity index (χ0n) is 11.8. The quantitative estimate of drug-likeness (QED) is 0.878. The van der Waals surface area contributed by atoms with Crippen molar-refractivity contribution in [1.29, 1.82) is 0 Å². The summed E-state index contributed by atoms with van der Waals surface area (Å²) in [6.07, 6.45) is 5.31. The minimum Gasteiger partial charge on any atom is -0.480 e. The molecule has 0 saturated heterocycles. The number of carboxylic acids is 1. The molecule has 2 aromatic heterocycles. The summed E-state index contributed by atoms with van der Waals surface area (Å²) in [7, 11) is 0. The lowest BCUT2D eigenvalue weighted by molar-refractivity contribution is -0.151. The van der Waals surface area contributed by atoms with Gasteiger partial charge >= 0.3 is 5.97 Å². The number of pyridine rings is 1. The highest BCUT2D eigenvalue weighted by Gasteiger charge is 2.45. The van der Waals surface area contributed by atoms with Gasteiger partial charge in [0, 0.05) is 23.3 Å². The maximum atomic E-state index is 12.0. The molecule has 2 aromatic rings. The minimum absolute atomic E-state index is 0.0891. The third kappa shape index (κ3) is 2.85. The molecule has 1 saturated carbocycles. The molecule has 1 aliphatic rings. The van der Waals surface area contributed by atoms with E-state index in [2.05, 4.69) is 15.3 Å². The molecule has 7 heteroatoms. The number of nitrogens with zero attached hydrogens (tertiary/aromatic N) is 2. The van der Waals surface area contributed by atoms with E-state index in [1.807, 2.05) is 17.5 Å². The number of hydrogen-bond donors (Lipinski definition) is 2. The number of carbonyl (C=O) groups excluding carboxylic acids is 1. The van der Waals surface area contributed by atoms with Gasteiger partial charge in [-0.3, -0.25) is 9.78 Å². The van der Waals surface area contributed by atoms with E-state index in [9.17, 15) is 14.7 Å². The molecule has 0 spiro atoms. The molecule has 3 rings (SSSR count). The minimum atomic E-state index is -1.07. The van der Waals surface area contributed by atoms with Gasteiger partial charge in [-0.25, -0.2) is 9.78 Å². The highest BCUT2D eigenvalue weighted by atomic mass is 32.1. The van der Waals surface area contributed by atoms with Gasteiger partial charge in [-0.05, 0) is 31.4 Å². The predicted octanol–water partition coefficient (Wildman–Crippen LogP) is 1.87. The van der Waals surface area contributed by atoms with Crippen LogP contribution in [0.3, 0.4) is 0 Å². The molecule has 1 fully saturated rings. The van der Waals surface area contributed by atoms with Crippen LogP contribution in [-0.4, -0.2) is 32.5 Å². The molecule has 2 heterocycles. The second kappa shape index (κ2) is 5.84. The zero-order valence-corrected chi connectivity index (χ0v) is 12.6. The third-order valence-corrected chi connectivity index (χ3v) is 4.74. The van der Waals surface area contributed by atoms with E-state index < -0.39 is 11.5 Å². The number of aromatic nitrogens is 2. The van der Waals surface area contributed by atoms with Crippen molar-refractivity contribution in [1.82, 2.24) is 15.3 Å². The normalized spacial score (nSPS) is 15.8. The molecule has 0 bridgehead atoms. The molecule has 22 heavy (non-hydrogen) atoms. The molecular formula is C15H15N3O3S. The van der Waals surface area contributed by atoms with Crippen LogP contribution in [0.5, 0.6) is 0 Å². The van der Waals surface area contributed by atoms with Crippen molar-refractivity contribution in [3.05, 3.63) is 35.6 Å². The summed E-state index contributed by atoms with van der Waals surface area (Å²) in [5.41, 5.74) is 0.473. The molecule has 0 atom stereocenters. The second-order valence-corrected chi connectivity index (χ2v) is 6.21. The van der Waals surface area contributed by atoms with E-state index in [0.29, 0.717) is 18.5 Å². The van der Waals surface area contributed by atoms with E-state index in [1.165, 1.54) is 11.3 Å². The van der Waals surface area contributed by atoms with Gasteiger partial charge in [0.1, 0.15) is 10.5 Å². The molecule has 0 aromatic carbocycles. The van der Waals surface area contributed by atoms with Gasteiger partial charge < -0.3 is 10.4 Å². The first-order chi connectivity index (χ1) is 10.6. The summed E-state index contributed by atoms with van der Waals surface area (Å²) in [5, 5.41) is 14.5. The lowest BCUT2D eigenvalue weighted by atomic mass is 9.76. The standard InChI is InChI=1S/C15H15N3O3S/c19-12(18-15(14(20)21)4-2-5-15)7-11-9-22-13(17-11)10-3-1-6-16-8-10/h1,3,6,8-9H,2,4-5,7H2,(H,18,19)(H,20,21). The Kier molecular flexibility index (Phi) is 3.89. The lowest BCUT2D eigenvalue weighted by Crippen LogP contribution is -2.59. The van der Waals surface area contributed by atoms with Crippen LogP contribution in [0.4, 0.5) is 0 Å². The van der Waals surface area contributed by atoms with Crippen LogP contribution in [-0.2, 0) is 16.0 Å². The van der Waals surface area contributed by atoms with E-state index in [1.54, 1.807) is 12.4 Å². The van der Waals surface area contributed by atoms with E-state index in [0.717, 1.165) is 17.0 Å². The summed E-state index contributed by atoms with van der Waals surface area (Å²) in [6.45, 7) is 0. The molecule has 0 aliphatic heterocycles. The molecule has 114 valence electrons. The number of amides is 1. The van der Waals surface area contributed by atoms with Crippen LogP contribution < -0.4 is 5.32 Å². The van der Waals surface area contributed by atoms with Crippen LogP contribution in [0.15, 0.2) is 29.9 Å². The average Bonchev–Trinajstić information content (AvgIpc) is 2.92. The SMILES string of the molecule is O=C(Cc1csc(-c2cccnc2)n1)NC1(C(=O)O)CCC1. The first-order valence-corrected chi connectivity index (χ1v) is 7.86. The van der Waals surface area contributed by atoms with Crippen LogP contribution in [0.1, 0.15) is 25.0 Å². The zero-order chi connectivity index (χ0) is 15.6. The third-order valence-electron chi connectivity index (χ3n) is 3.80. The summed E-state index contributed by atoms with van der Waals surface area (Å²) >= 11 is 1.44. The number of nitrogens with one attached hydrogen (secondary N) is 1. The van der Waals surface area contributed by atoms with Crippen LogP contribution in [0.2, 0.25) is 0 Å². The largest absolute Gasteiger partial charge is 0.480 e. The summed E-state index contributed by atoms with van der Waals surface area (Å²) in [6, 6.07) is 3.74. The fourth-order valence-electron chi connectivity index (χ4n) is 2.41. The number of aliphatic carboxylic acids is 1. The Morgan fingerprint density at radius 1 is 1.41 bits per heavy atom. The number of hydrogen-bond acceptors (Lipinski definition) is 5. The Morgan fingerprint density at radius 2 is 2.23 bits per heavy atom. The van der Waals surface area contributed by atoms with E-state index in [4.69, 9.17) is 0 Å². The van der Waals surface area contributed by atoms with E-state index in [-0.39, 0.29) is 12.3 Å². The monoisotopic (exact) mass is 317 g/mol. The molecule has 1 amide bonds. The van der Waals surface area contributed by atoms with Crippen molar-refractivity contribution >= 4 is 23.2 Å². The smallest absolute Gasteiger partial charge is 0.329 e. The highest BCUT2D eigenvalue weighted by molar-refractivity contribution is 7.13. The van der Waals surface area contributed by atoms with Gasteiger partial charge in [0.25, 0.3) is 0 Å². The fraction of sp³-hybridized carbons (Fsp3) is 0.333. The Hall–Kier alpha value is -2.28. The molecular weight excluding hydrogens is 302 g/mol. The average molecular weight is 317 g/mol. The second-order valence-electron chi connectivity index (χ2n) is 5.35. The van der Waals surface area contributed by atoms with Crippen molar-refractivity contribution in [2.75, 3.05) is 0 Å². The number of thiazole rings is 1. The number of carbonyl (C=O) groups is 2. The summed E-state index contributed by atoms with van der Waals surface area (Å²) in [4.78, 5) is 31.7.